The lowest BCUT2D eigenvalue weighted by Crippen LogP contribution is -2.50. The van der Waals surface area contributed by atoms with Crippen LogP contribution < -0.4 is 0 Å². The molecule has 1 saturated heterocycles. The zero-order valence-electron chi connectivity index (χ0n) is 14.8. The van der Waals surface area contributed by atoms with Crippen LogP contribution in [-0.4, -0.2) is 76.3 Å². The van der Waals surface area contributed by atoms with Crippen molar-refractivity contribution in [3.05, 3.63) is 0 Å². The fourth-order valence-electron chi connectivity index (χ4n) is 1.92. The molecule has 25 heavy (non-hydrogen) atoms. The minimum Gasteiger partial charge on any atom is -0.480 e. The van der Waals surface area contributed by atoms with E-state index in [0.717, 1.165) is 0 Å². The van der Waals surface area contributed by atoms with Gasteiger partial charge in [0.1, 0.15) is 18.1 Å². The Bertz CT molecular complexity index is 562. The molecule has 0 aliphatic carbocycles. The van der Waals surface area contributed by atoms with E-state index >= 15 is 0 Å². The van der Waals surface area contributed by atoms with Crippen molar-refractivity contribution in [2.24, 2.45) is 0 Å². The molecule has 6 nitrogen and oxygen atoms in total. The molecule has 1 aliphatic heterocycles. The van der Waals surface area contributed by atoms with Crippen LogP contribution in [0.1, 0.15) is 34.1 Å². The van der Waals surface area contributed by atoms with Crippen molar-refractivity contribution in [3.8, 4) is 0 Å². The quantitative estimate of drug-likeness (QED) is 0.643. The molecule has 0 bridgehead atoms. The Morgan fingerprint density at radius 1 is 0.920 bits per heavy atom. The van der Waals surface area contributed by atoms with Crippen molar-refractivity contribution in [1.82, 2.24) is 9.80 Å². The summed E-state index contributed by atoms with van der Waals surface area (Å²) >= 11 is 13.2. The number of hydrogen-bond acceptors (Lipinski definition) is 6. The molecule has 0 aromatic heterocycles. The Labute approximate surface area is 167 Å². The fourth-order valence-corrected chi connectivity index (χ4v) is 5.23. The van der Waals surface area contributed by atoms with Crippen molar-refractivity contribution in [2.45, 2.75) is 43.6 Å². The molecule has 0 aromatic rings. The van der Waals surface area contributed by atoms with E-state index < -0.39 is 21.4 Å². The van der Waals surface area contributed by atoms with Crippen molar-refractivity contribution < 1.29 is 19.8 Å². The van der Waals surface area contributed by atoms with E-state index in [1.807, 2.05) is 16.7 Å². The average Bonchev–Trinajstić information content (AvgIpc) is 2.54. The van der Waals surface area contributed by atoms with Gasteiger partial charge in [0.25, 0.3) is 0 Å². The number of piperazine rings is 1. The molecule has 1 rings (SSSR count). The average molecular weight is 425 g/mol. The molecule has 0 amide bonds. The summed E-state index contributed by atoms with van der Waals surface area (Å²) in [5, 5.41) is 18.6. The summed E-state index contributed by atoms with van der Waals surface area (Å²) in [4.78, 5) is 26.6. The van der Waals surface area contributed by atoms with E-state index in [-0.39, 0.29) is 0 Å². The van der Waals surface area contributed by atoms with Gasteiger partial charge in [-0.3, -0.25) is 9.59 Å². The normalized spacial score (nSPS) is 17.8. The lowest BCUT2D eigenvalue weighted by atomic mass is 10.1. The molecule has 1 heterocycles. The van der Waals surface area contributed by atoms with Gasteiger partial charge in [-0.05, 0) is 27.2 Å². The van der Waals surface area contributed by atoms with Crippen molar-refractivity contribution in [1.29, 1.82) is 0 Å². The van der Waals surface area contributed by atoms with Gasteiger partial charge in [-0.25, -0.2) is 0 Å². The fraction of sp³-hybridized carbons (Fsp3) is 0.733. The van der Waals surface area contributed by atoms with E-state index in [1.54, 1.807) is 20.8 Å². The van der Waals surface area contributed by atoms with Gasteiger partial charge < -0.3 is 20.0 Å². The number of carbonyl (C=O) groups is 2. The van der Waals surface area contributed by atoms with Gasteiger partial charge in [0.05, 0.1) is 0 Å². The highest BCUT2D eigenvalue weighted by Crippen LogP contribution is 2.32. The molecular formula is C15H24N2O4S4. The zero-order chi connectivity index (χ0) is 19.4. The first-order chi connectivity index (χ1) is 11.4. The van der Waals surface area contributed by atoms with Gasteiger partial charge in [-0.2, -0.15) is 0 Å². The Kier molecular flexibility index (Phi) is 7.97. The van der Waals surface area contributed by atoms with Gasteiger partial charge >= 0.3 is 11.9 Å². The van der Waals surface area contributed by atoms with Crippen molar-refractivity contribution in [3.63, 3.8) is 0 Å². The maximum Gasteiger partial charge on any atom is 0.319 e. The summed E-state index contributed by atoms with van der Waals surface area (Å²) in [6.45, 7) is 9.33. The minimum atomic E-state index is -0.968. The minimum absolute atomic E-state index is 0.484. The molecule has 0 saturated carbocycles. The van der Waals surface area contributed by atoms with E-state index in [2.05, 4.69) is 0 Å². The van der Waals surface area contributed by atoms with E-state index in [9.17, 15) is 19.8 Å². The van der Waals surface area contributed by atoms with Gasteiger partial charge in [0, 0.05) is 26.2 Å². The molecule has 0 radical (unpaired) electrons. The maximum atomic E-state index is 11.4. The first-order valence-corrected chi connectivity index (χ1v) is 10.3. The second-order valence-corrected chi connectivity index (χ2v) is 10.8. The number of carboxylic acid groups (broad SMARTS) is 2. The van der Waals surface area contributed by atoms with E-state index in [0.29, 0.717) is 41.2 Å². The van der Waals surface area contributed by atoms with Gasteiger partial charge in [-0.15, -0.1) is 0 Å². The molecule has 0 aromatic carbocycles. The van der Waals surface area contributed by atoms with Crippen LogP contribution in [-0.2, 0) is 9.59 Å². The second kappa shape index (κ2) is 8.88. The van der Waals surface area contributed by atoms with Crippen molar-refractivity contribution in [2.75, 3.05) is 26.2 Å². The number of carboxylic acids is 2. The van der Waals surface area contributed by atoms with Crippen LogP contribution in [0.5, 0.6) is 0 Å². The second-order valence-electron chi connectivity index (χ2n) is 6.42. The van der Waals surface area contributed by atoms with Crippen LogP contribution in [0.15, 0.2) is 0 Å². The molecule has 142 valence electrons. The SMILES string of the molecule is CCC(C)(SC(=S)N1CCN(C(=S)SC(C)(C)C(=O)O)CC1)C(=O)O. The first kappa shape index (κ1) is 22.5. The van der Waals surface area contributed by atoms with Crippen LogP contribution in [0.2, 0.25) is 0 Å². The number of aliphatic carboxylic acids is 2. The Balaban J connectivity index is 2.58. The maximum absolute atomic E-state index is 11.4. The third-order valence-electron chi connectivity index (χ3n) is 4.09. The molecular weight excluding hydrogens is 400 g/mol. The number of thioether (sulfide) groups is 2. The third kappa shape index (κ3) is 5.97. The number of hydrogen-bond donors (Lipinski definition) is 2. The summed E-state index contributed by atoms with van der Waals surface area (Å²) in [7, 11) is 0. The van der Waals surface area contributed by atoms with Gasteiger partial charge in [0.15, 0.2) is 0 Å². The Morgan fingerprint density at radius 3 is 1.64 bits per heavy atom. The summed E-state index contributed by atoms with van der Waals surface area (Å²) in [5.41, 5.74) is 0. The third-order valence-corrected chi connectivity index (χ3v) is 7.57. The monoisotopic (exact) mass is 424 g/mol. The highest BCUT2D eigenvalue weighted by Gasteiger charge is 2.36. The number of rotatable bonds is 5. The predicted octanol–water partition coefficient (Wildman–Crippen LogP) is 2.76. The zero-order valence-corrected chi connectivity index (χ0v) is 18.0. The van der Waals surface area contributed by atoms with Crippen LogP contribution in [0.25, 0.3) is 0 Å². The van der Waals surface area contributed by atoms with Crippen LogP contribution in [0.3, 0.4) is 0 Å². The summed E-state index contributed by atoms with van der Waals surface area (Å²) in [6, 6.07) is 0. The molecule has 0 spiro atoms. The lowest BCUT2D eigenvalue weighted by Gasteiger charge is -2.39. The topological polar surface area (TPSA) is 81.1 Å². The molecule has 1 atom stereocenters. The van der Waals surface area contributed by atoms with Crippen LogP contribution >= 0.6 is 48.0 Å². The van der Waals surface area contributed by atoms with Crippen LogP contribution in [0.4, 0.5) is 0 Å². The molecule has 1 aliphatic rings. The summed E-state index contributed by atoms with van der Waals surface area (Å²) in [5.74, 6) is -1.77. The Morgan fingerprint density at radius 2 is 1.32 bits per heavy atom. The molecule has 1 unspecified atom stereocenters. The molecule has 10 heteroatoms. The summed E-state index contributed by atoms with van der Waals surface area (Å²) in [6.07, 6.45) is 0.484. The number of nitrogens with zero attached hydrogens (tertiary/aromatic N) is 2. The highest BCUT2D eigenvalue weighted by molar-refractivity contribution is 8.24. The molecule has 2 N–H and O–H groups in total. The van der Waals surface area contributed by atoms with Gasteiger partial charge in [0.2, 0.25) is 0 Å². The highest BCUT2D eigenvalue weighted by atomic mass is 32.2. The van der Waals surface area contributed by atoms with E-state index in [1.165, 1.54) is 23.5 Å². The number of thiocarbonyl (C=S) groups is 2. The lowest BCUT2D eigenvalue weighted by molar-refractivity contribution is -0.140. The predicted molar refractivity (Wildman–Crippen MR) is 112 cm³/mol. The first-order valence-electron chi connectivity index (χ1n) is 7.85. The Hall–Kier alpha value is -0.580. The van der Waals surface area contributed by atoms with E-state index in [4.69, 9.17) is 24.4 Å². The standard InChI is InChI=1S/C15H24N2O4S4/c1-5-15(4,11(20)21)25-13(23)17-8-6-16(7-9-17)12(22)24-14(2,3)10(18)19/h5-9H2,1-4H3,(H,18,19)(H,20,21). The van der Waals surface area contributed by atoms with Crippen LogP contribution in [0, 0.1) is 0 Å². The van der Waals surface area contributed by atoms with Gasteiger partial charge in [-0.1, -0.05) is 54.9 Å². The summed E-state index contributed by atoms with van der Waals surface area (Å²) < 4.78 is -0.750. The smallest absolute Gasteiger partial charge is 0.319 e. The van der Waals surface area contributed by atoms with Crippen molar-refractivity contribution >= 4 is 68.5 Å². The largest absolute Gasteiger partial charge is 0.480 e. The molecule has 1 fully saturated rings.